The Morgan fingerprint density at radius 3 is 2.72 bits per heavy atom. The molecule has 0 bridgehead atoms. The van der Waals surface area contributed by atoms with E-state index in [9.17, 15) is 4.21 Å². The Labute approximate surface area is 155 Å². The predicted molar refractivity (Wildman–Crippen MR) is 99.1 cm³/mol. The zero-order valence-electron chi connectivity index (χ0n) is 13.3. The van der Waals surface area contributed by atoms with Gasteiger partial charge in [-0.2, -0.15) is 0 Å². The van der Waals surface area contributed by atoms with Crippen LogP contribution < -0.4 is 10.1 Å². The van der Waals surface area contributed by atoms with Gasteiger partial charge in [0.05, 0.1) is 6.20 Å². The molecule has 0 saturated heterocycles. The summed E-state index contributed by atoms with van der Waals surface area (Å²) in [5, 5.41) is 4.04. The number of nitrogens with one attached hydrogen (secondary N) is 1. The first kappa shape index (κ1) is 17.5. The molecular formula is C19H16ClN2O2S+. The zero-order valence-corrected chi connectivity index (χ0v) is 14.9. The van der Waals surface area contributed by atoms with Crippen LogP contribution in [0.3, 0.4) is 0 Å². The van der Waals surface area contributed by atoms with Crippen molar-refractivity contribution in [2.45, 2.75) is 18.0 Å². The summed E-state index contributed by atoms with van der Waals surface area (Å²) >= 11 is 6.47. The number of benzene rings is 2. The van der Waals surface area contributed by atoms with Gasteiger partial charge in [0.25, 0.3) is 4.90 Å². The van der Waals surface area contributed by atoms with Crippen LogP contribution in [0.1, 0.15) is 11.1 Å². The highest BCUT2D eigenvalue weighted by atomic mass is 35.5. The third-order valence-electron chi connectivity index (χ3n) is 3.53. The van der Waals surface area contributed by atoms with Crippen LogP contribution in [0.2, 0.25) is 5.02 Å². The molecule has 1 N–H and O–H groups in total. The summed E-state index contributed by atoms with van der Waals surface area (Å²) in [7, 11) is 0. The molecule has 0 amide bonds. The lowest BCUT2D eigenvalue weighted by atomic mass is 10.2. The van der Waals surface area contributed by atoms with Gasteiger partial charge in [0.15, 0.2) is 0 Å². The lowest BCUT2D eigenvalue weighted by Crippen LogP contribution is -2.13. The number of aromatic nitrogens is 1. The fourth-order valence-electron chi connectivity index (χ4n) is 2.37. The maximum Gasteiger partial charge on any atom is 0.505 e. The smallest absolute Gasteiger partial charge is 0.456 e. The molecule has 0 atom stereocenters. The van der Waals surface area contributed by atoms with Crippen molar-refractivity contribution >= 4 is 23.3 Å². The molecule has 0 unspecified atom stereocenters. The van der Waals surface area contributed by atoms with E-state index in [2.05, 4.69) is 10.3 Å². The van der Waals surface area contributed by atoms with Crippen molar-refractivity contribution in [3.05, 3.63) is 83.1 Å². The molecule has 2 aromatic carbocycles. The van der Waals surface area contributed by atoms with E-state index in [-0.39, 0.29) is 0 Å². The van der Waals surface area contributed by atoms with Crippen LogP contribution in [-0.2, 0) is 29.0 Å². The van der Waals surface area contributed by atoms with Crippen LogP contribution >= 0.6 is 11.6 Å². The molecule has 0 spiro atoms. The molecule has 4 nitrogen and oxygen atoms in total. The van der Waals surface area contributed by atoms with Gasteiger partial charge in [-0.15, -0.1) is 0 Å². The lowest BCUT2D eigenvalue weighted by Gasteiger charge is -2.08. The van der Waals surface area contributed by atoms with Gasteiger partial charge < -0.3 is 10.1 Å². The molecule has 0 fully saturated rings. The summed E-state index contributed by atoms with van der Waals surface area (Å²) < 4.78 is 17.1. The predicted octanol–water partition coefficient (Wildman–Crippen LogP) is 4.60. The summed E-state index contributed by atoms with van der Waals surface area (Å²) in [4.78, 5) is 4.70. The van der Waals surface area contributed by atoms with Crippen LogP contribution in [-0.4, -0.2) is 4.98 Å². The second-order valence-electron chi connectivity index (χ2n) is 5.38. The topological polar surface area (TPSA) is 51.2 Å². The van der Waals surface area contributed by atoms with Gasteiger partial charge in [0.1, 0.15) is 11.5 Å². The molecule has 0 aliphatic heterocycles. The molecule has 0 saturated carbocycles. The minimum absolute atomic E-state index is 0.480. The Morgan fingerprint density at radius 2 is 1.96 bits per heavy atom. The average Bonchev–Trinajstić information content (AvgIpc) is 2.63. The van der Waals surface area contributed by atoms with Crippen molar-refractivity contribution in [3.63, 3.8) is 0 Å². The van der Waals surface area contributed by atoms with Crippen LogP contribution in [0.4, 0.5) is 0 Å². The van der Waals surface area contributed by atoms with E-state index in [4.69, 9.17) is 16.3 Å². The Bertz CT molecular complexity index is 859. The van der Waals surface area contributed by atoms with Gasteiger partial charge in [-0.05, 0) is 42.0 Å². The Morgan fingerprint density at radius 1 is 1.04 bits per heavy atom. The summed E-state index contributed by atoms with van der Waals surface area (Å²) in [6.07, 6.45) is 3.34. The van der Waals surface area contributed by atoms with Crippen LogP contribution in [0.15, 0.2) is 71.9 Å². The maximum absolute atomic E-state index is 11.3. The minimum atomic E-state index is 0.480. The molecule has 126 valence electrons. The number of hydrogen-bond acceptors (Lipinski definition) is 4. The van der Waals surface area contributed by atoms with Gasteiger partial charge >= 0.3 is 11.7 Å². The monoisotopic (exact) mass is 371 g/mol. The van der Waals surface area contributed by atoms with Crippen molar-refractivity contribution in [2.24, 2.45) is 0 Å². The van der Waals surface area contributed by atoms with E-state index in [1.54, 1.807) is 24.5 Å². The van der Waals surface area contributed by atoms with Gasteiger partial charge in [0, 0.05) is 40.1 Å². The van der Waals surface area contributed by atoms with Gasteiger partial charge in [-0.25, -0.2) is 0 Å². The largest absolute Gasteiger partial charge is 0.505 e. The SMILES string of the molecule is O=[S+]c1ccc(Oc2cccnc2)cc1CNCc1cccc(Cl)c1. The van der Waals surface area contributed by atoms with Crippen LogP contribution in [0.25, 0.3) is 0 Å². The summed E-state index contributed by atoms with van der Waals surface area (Å²) in [6.45, 7) is 1.22. The molecular weight excluding hydrogens is 356 g/mol. The molecule has 25 heavy (non-hydrogen) atoms. The highest BCUT2D eigenvalue weighted by molar-refractivity contribution is 7.65. The molecule has 1 aromatic heterocycles. The van der Waals surface area contributed by atoms with Crippen molar-refractivity contribution < 1.29 is 8.95 Å². The van der Waals surface area contributed by atoms with E-state index >= 15 is 0 Å². The van der Waals surface area contributed by atoms with Crippen molar-refractivity contribution in [1.82, 2.24) is 10.3 Å². The normalized spacial score (nSPS) is 10.4. The number of nitrogens with zero attached hydrogens (tertiary/aromatic N) is 1. The highest BCUT2D eigenvalue weighted by Gasteiger charge is 2.15. The highest BCUT2D eigenvalue weighted by Crippen LogP contribution is 2.24. The van der Waals surface area contributed by atoms with E-state index < -0.39 is 0 Å². The number of ether oxygens (including phenoxy) is 1. The van der Waals surface area contributed by atoms with Crippen LogP contribution in [0.5, 0.6) is 11.5 Å². The van der Waals surface area contributed by atoms with Gasteiger partial charge in [-0.1, -0.05) is 23.7 Å². The van der Waals surface area contributed by atoms with Crippen molar-refractivity contribution in [2.75, 3.05) is 0 Å². The molecule has 3 rings (SSSR count). The second-order valence-corrected chi connectivity index (χ2v) is 6.42. The molecule has 1 heterocycles. The van der Waals surface area contributed by atoms with E-state index in [1.807, 2.05) is 42.5 Å². The zero-order chi connectivity index (χ0) is 17.5. The third-order valence-corrected chi connectivity index (χ3v) is 4.34. The van der Waals surface area contributed by atoms with Gasteiger partial charge in [-0.3, -0.25) is 4.98 Å². The summed E-state index contributed by atoms with van der Waals surface area (Å²) in [5.74, 6) is 1.33. The maximum atomic E-state index is 11.3. The first-order valence-electron chi connectivity index (χ1n) is 7.70. The van der Waals surface area contributed by atoms with Crippen molar-refractivity contribution in [3.8, 4) is 11.5 Å². The third kappa shape index (κ3) is 5.06. The number of halogens is 1. The van der Waals surface area contributed by atoms with E-state index in [0.717, 1.165) is 11.1 Å². The van der Waals surface area contributed by atoms with Crippen LogP contribution in [0, 0.1) is 0 Å². The van der Waals surface area contributed by atoms with Crippen molar-refractivity contribution in [1.29, 1.82) is 0 Å². The summed E-state index contributed by atoms with van der Waals surface area (Å²) in [5.41, 5.74) is 1.98. The number of hydrogen-bond donors (Lipinski definition) is 1. The number of rotatable bonds is 7. The van der Waals surface area contributed by atoms with E-state index in [1.165, 1.54) is 0 Å². The summed E-state index contributed by atoms with van der Waals surface area (Å²) in [6, 6.07) is 16.8. The molecule has 3 aromatic rings. The molecule has 6 heteroatoms. The molecule has 0 aliphatic carbocycles. The molecule has 0 aliphatic rings. The Balaban J connectivity index is 1.68. The Hall–Kier alpha value is -2.34. The number of pyridine rings is 1. The van der Waals surface area contributed by atoms with E-state index in [0.29, 0.717) is 46.2 Å². The average molecular weight is 372 g/mol. The fraction of sp³-hybridized carbons (Fsp3) is 0.105. The van der Waals surface area contributed by atoms with Gasteiger partial charge in [0.2, 0.25) is 0 Å². The standard InChI is InChI=1S/C19H16ClN2O2S/c20-16-4-1-3-14(9-16)11-22-12-15-10-17(6-7-19(15)25-23)24-18-5-2-8-21-13-18/h1-10,13,22H,11-12H2/q+1. The lowest BCUT2D eigenvalue weighted by molar-refractivity contribution is 0.478. The Kier molecular flexibility index (Phi) is 6.06. The second kappa shape index (κ2) is 8.67. The quantitative estimate of drug-likeness (QED) is 0.616. The fourth-order valence-corrected chi connectivity index (χ4v) is 2.95. The molecule has 0 radical (unpaired) electrons. The minimum Gasteiger partial charge on any atom is -0.456 e. The first-order valence-corrected chi connectivity index (χ1v) is 8.82. The first-order chi connectivity index (χ1) is 12.2.